The summed E-state index contributed by atoms with van der Waals surface area (Å²) in [6, 6.07) is 7.68. The van der Waals surface area contributed by atoms with E-state index >= 15 is 0 Å². The number of likely N-dealkylation sites (tertiary alicyclic amines) is 1. The standard InChI is InChI=1S/C14H18N2O2/c1-10-9-13(17)16(14(10)18)8-2-3-11-4-6-12(15)7-5-11/h4-7,10H,2-3,8-9,15H2,1H3. The predicted molar refractivity (Wildman–Crippen MR) is 69.7 cm³/mol. The second-order valence-corrected chi connectivity index (χ2v) is 4.83. The molecule has 0 aliphatic carbocycles. The van der Waals surface area contributed by atoms with Crippen LogP contribution in [-0.4, -0.2) is 23.3 Å². The van der Waals surface area contributed by atoms with Gasteiger partial charge in [-0.15, -0.1) is 0 Å². The van der Waals surface area contributed by atoms with Crippen molar-refractivity contribution in [1.29, 1.82) is 0 Å². The molecular formula is C14H18N2O2. The number of anilines is 1. The van der Waals surface area contributed by atoms with Crippen LogP contribution in [0.15, 0.2) is 24.3 Å². The van der Waals surface area contributed by atoms with E-state index in [4.69, 9.17) is 5.73 Å². The molecule has 1 fully saturated rings. The molecule has 1 aromatic carbocycles. The number of rotatable bonds is 4. The predicted octanol–water partition coefficient (Wildman–Crippen LogP) is 1.60. The van der Waals surface area contributed by atoms with Crippen molar-refractivity contribution in [3.05, 3.63) is 29.8 Å². The average Bonchev–Trinajstić information content (AvgIpc) is 2.58. The molecule has 96 valence electrons. The van der Waals surface area contributed by atoms with Gasteiger partial charge in [0, 0.05) is 24.6 Å². The van der Waals surface area contributed by atoms with Gasteiger partial charge < -0.3 is 5.73 Å². The molecule has 2 rings (SSSR count). The monoisotopic (exact) mass is 246 g/mol. The molecule has 2 N–H and O–H groups in total. The highest BCUT2D eigenvalue weighted by Gasteiger charge is 2.34. The SMILES string of the molecule is CC1CC(=O)N(CCCc2ccc(N)cc2)C1=O. The number of carbonyl (C=O) groups is 2. The molecule has 4 heteroatoms. The summed E-state index contributed by atoms with van der Waals surface area (Å²) in [5, 5.41) is 0. The first-order valence-electron chi connectivity index (χ1n) is 6.26. The Hall–Kier alpha value is -1.84. The highest BCUT2D eigenvalue weighted by Crippen LogP contribution is 2.19. The van der Waals surface area contributed by atoms with E-state index in [1.54, 1.807) is 6.92 Å². The van der Waals surface area contributed by atoms with Crippen molar-refractivity contribution >= 4 is 17.5 Å². The Morgan fingerprint density at radius 1 is 1.28 bits per heavy atom. The van der Waals surface area contributed by atoms with Crippen molar-refractivity contribution in [1.82, 2.24) is 4.90 Å². The van der Waals surface area contributed by atoms with Crippen LogP contribution in [-0.2, 0) is 16.0 Å². The normalized spacial score (nSPS) is 19.6. The van der Waals surface area contributed by atoms with Gasteiger partial charge in [0.2, 0.25) is 11.8 Å². The van der Waals surface area contributed by atoms with Crippen molar-refractivity contribution in [2.75, 3.05) is 12.3 Å². The number of nitrogen functional groups attached to an aromatic ring is 1. The number of hydrogen-bond acceptors (Lipinski definition) is 3. The zero-order valence-electron chi connectivity index (χ0n) is 10.6. The molecule has 1 saturated heterocycles. The number of aryl methyl sites for hydroxylation is 1. The summed E-state index contributed by atoms with van der Waals surface area (Å²) >= 11 is 0. The fourth-order valence-electron chi connectivity index (χ4n) is 2.21. The molecule has 1 aliphatic heterocycles. The van der Waals surface area contributed by atoms with Crippen LogP contribution in [0.25, 0.3) is 0 Å². The summed E-state index contributed by atoms with van der Waals surface area (Å²) in [5.74, 6) is -0.212. The van der Waals surface area contributed by atoms with Crippen LogP contribution in [0.5, 0.6) is 0 Å². The van der Waals surface area contributed by atoms with E-state index in [2.05, 4.69) is 0 Å². The van der Waals surface area contributed by atoms with E-state index in [0.29, 0.717) is 13.0 Å². The summed E-state index contributed by atoms with van der Waals surface area (Å²) < 4.78 is 0. The summed E-state index contributed by atoms with van der Waals surface area (Å²) in [4.78, 5) is 24.7. The van der Waals surface area contributed by atoms with Gasteiger partial charge >= 0.3 is 0 Å². The summed E-state index contributed by atoms with van der Waals surface area (Å²) in [6.45, 7) is 2.33. The Kier molecular flexibility index (Phi) is 3.65. The Bertz CT molecular complexity index is 453. The molecule has 0 aromatic heterocycles. The van der Waals surface area contributed by atoms with Crippen LogP contribution in [0, 0.1) is 5.92 Å². The van der Waals surface area contributed by atoms with Gasteiger partial charge in [-0.25, -0.2) is 0 Å². The van der Waals surface area contributed by atoms with Gasteiger partial charge in [0.15, 0.2) is 0 Å². The maximum Gasteiger partial charge on any atom is 0.232 e. The fraction of sp³-hybridized carbons (Fsp3) is 0.429. The molecule has 1 atom stereocenters. The zero-order valence-corrected chi connectivity index (χ0v) is 10.6. The molecule has 1 heterocycles. The number of carbonyl (C=O) groups excluding carboxylic acids is 2. The van der Waals surface area contributed by atoms with Crippen molar-refractivity contribution in [2.24, 2.45) is 5.92 Å². The minimum absolute atomic E-state index is 0.0303. The third kappa shape index (κ3) is 2.70. The van der Waals surface area contributed by atoms with Gasteiger partial charge in [0.25, 0.3) is 0 Å². The molecule has 1 aliphatic rings. The summed E-state index contributed by atoms with van der Waals surface area (Å²) in [7, 11) is 0. The van der Waals surface area contributed by atoms with E-state index in [1.807, 2.05) is 24.3 Å². The molecule has 18 heavy (non-hydrogen) atoms. The Morgan fingerprint density at radius 2 is 1.94 bits per heavy atom. The van der Waals surface area contributed by atoms with E-state index in [0.717, 1.165) is 18.5 Å². The lowest BCUT2D eigenvalue weighted by Gasteiger charge is -2.14. The second kappa shape index (κ2) is 5.21. The molecule has 1 aromatic rings. The molecule has 0 saturated carbocycles. The molecule has 1 unspecified atom stereocenters. The number of nitrogens with two attached hydrogens (primary N) is 1. The summed E-state index contributed by atoms with van der Waals surface area (Å²) in [5.41, 5.74) is 7.53. The topological polar surface area (TPSA) is 63.4 Å². The van der Waals surface area contributed by atoms with E-state index < -0.39 is 0 Å². The number of benzene rings is 1. The second-order valence-electron chi connectivity index (χ2n) is 4.83. The molecule has 2 amide bonds. The highest BCUT2D eigenvalue weighted by molar-refractivity contribution is 6.03. The Balaban J connectivity index is 1.84. The van der Waals surface area contributed by atoms with Crippen molar-refractivity contribution in [2.45, 2.75) is 26.2 Å². The number of hydrogen-bond donors (Lipinski definition) is 1. The van der Waals surface area contributed by atoms with Gasteiger partial charge in [-0.2, -0.15) is 0 Å². The first-order valence-corrected chi connectivity index (χ1v) is 6.26. The van der Waals surface area contributed by atoms with Crippen LogP contribution >= 0.6 is 0 Å². The van der Waals surface area contributed by atoms with Gasteiger partial charge in [0.1, 0.15) is 0 Å². The Morgan fingerprint density at radius 3 is 2.50 bits per heavy atom. The maximum atomic E-state index is 11.7. The maximum absolute atomic E-state index is 11.7. The van der Waals surface area contributed by atoms with Crippen LogP contribution < -0.4 is 5.73 Å². The Labute approximate surface area is 107 Å². The quantitative estimate of drug-likeness (QED) is 0.648. The van der Waals surface area contributed by atoms with Gasteiger partial charge in [-0.3, -0.25) is 14.5 Å². The lowest BCUT2D eigenvalue weighted by Crippen LogP contribution is -2.31. The number of nitrogens with zero attached hydrogens (tertiary/aromatic N) is 1. The van der Waals surface area contributed by atoms with Gasteiger partial charge in [-0.05, 0) is 30.5 Å². The zero-order chi connectivity index (χ0) is 13.1. The minimum atomic E-state index is -0.144. The van der Waals surface area contributed by atoms with E-state index in [9.17, 15) is 9.59 Å². The summed E-state index contributed by atoms with van der Waals surface area (Å²) in [6.07, 6.45) is 2.01. The lowest BCUT2D eigenvalue weighted by molar-refractivity contribution is -0.139. The molecule has 4 nitrogen and oxygen atoms in total. The third-order valence-corrected chi connectivity index (χ3v) is 3.30. The van der Waals surface area contributed by atoms with Crippen molar-refractivity contribution < 1.29 is 9.59 Å². The smallest absolute Gasteiger partial charge is 0.232 e. The van der Waals surface area contributed by atoms with Crippen LogP contribution in [0.2, 0.25) is 0 Å². The lowest BCUT2D eigenvalue weighted by atomic mass is 10.1. The molecule has 0 spiro atoms. The largest absolute Gasteiger partial charge is 0.399 e. The molecule has 0 radical (unpaired) electrons. The number of imide groups is 1. The average molecular weight is 246 g/mol. The van der Waals surface area contributed by atoms with E-state index in [1.165, 1.54) is 10.5 Å². The van der Waals surface area contributed by atoms with Gasteiger partial charge in [-0.1, -0.05) is 19.1 Å². The molecule has 0 bridgehead atoms. The first kappa shape index (κ1) is 12.6. The fourth-order valence-corrected chi connectivity index (χ4v) is 2.21. The van der Waals surface area contributed by atoms with Crippen molar-refractivity contribution in [3.63, 3.8) is 0 Å². The third-order valence-electron chi connectivity index (χ3n) is 3.30. The highest BCUT2D eigenvalue weighted by atomic mass is 16.2. The van der Waals surface area contributed by atoms with E-state index in [-0.39, 0.29) is 17.7 Å². The van der Waals surface area contributed by atoms with Gasteiger partial charge in [0.05, 0.1) is 0 Å². The minimum Gasteiger partial charge on any atom is -0.399 e. The first-order chi connectivity index (χ1) is 8.58. The van der Waals surface area contributed by atoms with Crippen LogP contribution in [0.1, 0.15) is 25.3 Å². The number of amides is 2. The van der Waals surface area contributed by atoms with Crippen LogP contribution in [0.4, 0.5) is 5.69 Å². The molecular weight excluding hydrogens is 228 g/mol. The van der Waals surface area contributed by atoms with Crippen molar-refractivity contribution in [3.8, 4) is 0 Å². The van der Waals surface area contributed by atoms with Crippen LogP contribution in [0.3, 0.4) is 0 Å².